The van der Waals surface area contributed by atoms with Gasteiger partial charge in [0.25, 0.3) is 0 Å². The number of allylic oxidation sites excluding steroid dienone is 5. The van der Waals surface area contributed by atoms with E-state index >= 15 is 0 Å². The van der Waals surface area contributed by atoms with Crippen LogP contribution in [0.15, 0.2) is 36.5 Å². The molecule has 0 spiro atoms. The molecule has 0 aromatic heterocycles. The number of carboxylic acids is 1. The molecule has 0 aliphatic rings. The van der Waals surface area contributed by atoms with E-state index in [9.17, 15) is 9.90 Å². The standard InChI is InChI=1S/C17H20O3/c1-2-13-16(18)14-11-9-7-5-3-4-6-8-10-12-15-17(19)20/h3,5,7,9,11,14,16,18H,2,12-13,15H2,1H3,(H,19,20)/b5-3+,9-7+,14-11+/t16-/m1/s1. The van der Waals surface area contributed by atoms with Gasteiger partial charge in [-0.1, -0.05) is 55.6 Å². The van der Waals surface area contributed by atoms with Crippen LogP contribution in [0.1, 0.15) is 32.6 Å². The molecule has 0 radical (unpaired) electrons. The fourth-order valence-electron chi connectivity index (χ4n) is 1.17. The Morgan fingerprint density at radius 2 is 1.95 bits per heavy atom. The van der Waals surface area contributed by atoms with E-state index in [-0.39, 0.29) is 12.5 Å². The van der Waals surface area contributed by atoms with Crippen molar-refractivity contribution in [3.05, 3.63) is 36.5 Å². The van der Waals surface area contributed by atoms with Gasteiger partial charge >= 0.3 is 5.97 Å². The Morgan fingerprint density at radius 3 is 2.65 bits per heavy atom. The molecule has 2 N–H and O–H groups in total. The third-order valence-corrected chi connectivity index (χ3v) is 2.12. The van der Waals surface area contributed by atoms with Crippen LogP contribution in [0.25, 0.3) is 0 Å². The van der Waals surface area contributed by atoms with Crippen molar-refractivity contribution in [3.63, 3.8) is 0 Å². The Kier molecular flexibility index (Phi) is 11.7. The van der Waals surface area contributed by atoms with Crippen LogP contribution >= 0.6 is 0 Å². The lowest BCUT2D eigenvalue weighted by molar-refractivity contribution is -0.136. The predicted octanol–water partition coefficient (Wildman–Crippen LogP) is 2.69. The molecular formula is C17H20O3. The molecule has 0 aliphatic heterocycles. The first-order valence-electron chi connectivity index (χ1n) is 6.55. The predicted molar refractivity (Wildman–Crippen MR) is 80.8 cm³/mol. The number of hydrogen-bond acceptors (Lipinski definition) is 2. The van der Waals surface area contributed by atoms with Crippen molar-refractivity contribution in [2.24, 2.45) is 0 Å². The number of rotatable bonds is 7. The highest BCUT2D eigenvalue weighted by molar-refractivity contribution is 5.67. The van der Waals surface area contributed by atoms with Crippen molar-refractivity contribution in [1.29, 1.82) is 0 Å². The lowest BCUT2D eigenvalue weighted by atomic mass is 10.2. The molecule has 0 saturated heterocycles. The van der Waals surface area contributed by atoms with Gasteiger partial charge in [0.1, 0.15) is 0 Å². The molecule has 0 unspecified atom stereocenters. The van der Waals surface area contributed by atoms with Crippen LogP contribution in [0.2, 0.25) is 0 Å². The average molecular weight is 272 g/mol. The number of aliphatic carboxylic acids is 1. The molecule has 0 aromatic rings. The second-order valence-electron chi connectivity index (χ2n) is 3.95. The van der Waals surface area contributed by atoms with Crippen molar-refractivity contribution in [2.75, 3.05) is 0 Å². The van der Waals surface area contributed by atoms with E-state index < -0.39 is 5.97 Å². The first-order valence-corrected chi connectivity index (χ1v) is 6.55. The molecule has 20 heavy (non-hydrogen) atoms. The fraction of sp³-hybridized carbons (Fsp3) is 0.353. The number of aliphatic hydroxyl groups excluding tert-OH is 1. The minimum absolute atomic E-state index is 0.0451. The highest BCUT2D eigenvalue weighted by Gasteiger charge is 1.93. The second kappa shape index (κ2) is 13.2. The first-order chi connectivity index (χ1) is 9.66. The van der Waals surface area contributed by atoms with Gasteiger partial charge in [0.05, 0.1) is 12.5 Å². The molecule has 106 valence electrons. The maximum Gasteiger partial charge on any atom is 0.304 e. The van der Waals surface area contributed by atoms with Gasteiger partial charge < -0.3 is 10.2 Å². The molecular weight excluding hydrogens is 252 g/mol. The number of carbonyl (C=O) groups is 1. The average Bonchev–Trinajstić information content (AvgIpc) is 2.40. The summed E-state index contributed by atoms with van der Waals surface area (Å²) in [5.41, 5.74) is 0. The van der Waals surface area contributed by atoms with Gasteiger partial charge in [0.15, 0.2) is 0 Å². The Bertz CT molecular complexity index is 476. The van der Waals surface area contributed by atoms with Gasteiger partial charge in [0, 0.05) is 6.42 Å². The van der Waals surface area contributed by atoms with Gasteiger partial charge in [-0.05, 0) is 24.3 Å². The summed E-state index contributed by atoms with van der Waals surface area (Å²) in [4.78, 5) is 10.2. The Hall–Kier alpha value is -2.23. The van der Waals surface area contributed by atoms with Gasteiger partial charge in [-0.2, -0.15) is 0 Å². The molecule has 0 saturated carbocycles. The van der Waals surface area contributed by atoms with Gasteiger partial charge in [-0.25, -0.2) is 0 Å². The molecule has 0 fully saturated rings. The van der Waals surface area contributed by atoms with Gasteiger partial charge in [0.2, 0.25) is 0 Å². The Labute approximate surface area is 120 Å². The maximum absolute atomic E-state index is 10.2. The van der Waals surface area contributed by atoms with E-state index in [4.69, 9.17) is 5.11 Å². The topological polar surface area (TPSA) is 57.5 Å². The zero-order valence-electron chi connectivity index (χ0n) is 11.7. The lowest BCUT2D eigenvalue weighted by Crippen LogP contribution is -1.99. The zero-order chi connectivity index (χ0) is 15.1. The monoisotopic (exact) mass is 272 g/mol. The molecule has 0 amide bonds. The fourth-order valence-corrected chi connectivity index (χ4v) is 1.17. The molecule has 3 nitrogen and oxygen atoms in total. The maximum atomic E-state index is 10.2. The van der Waals surface area contributed by atoms with E-state index in [0.717, 1.165) is 12.8 Å². The molecule has 0 heterocycles. The summed E-state index contributed by atoms with van der Waals surface area (Å²) < 4.78 is 0. The van der Waals surface area contributed by atoms with Crippen molar-refractivity contribution in [1.82, 2.24) is 0 Å². The normalized spacial score (nSPS) is 12.1. The number of carboxylic acid groups (broad SMARTS) is 1. The van der Waals surface area contributed by atoms with E-state index in [2.05, 4.69) is 23.7 Å². The highest BCUT2D eigenvalue weighted by Crippen LogP contribution is 1.97. The summed E-state index contributed by atoms with van der Waals surface area (Å²) in [6, 6.07) is 0. The Morgan fingerprint density at radius 1 is 1.20 bits per heavy atom. The smallest absolute Gasteiger partial charge is 0.304 e. The van der Waals surface area contributed by atoms with Crippen molar-refractivity contribution >= 4 is 5.97 Å². The lowest BCUT2D eigenvalue weighted by Gasteiger charge is -1.99. The van der Waals surface area contributed by atoms with Crippen LogP contribution in [-0.2, 0) is 4.79 Å². The van der Waals surface area contributed by atoms with E-state index in [1.165, 1.54) is 0 Å². The molecule has 0 aliphatic carbocycles. The van der Waals surface area contributed by atoms with Gasteiger partial charge in [-0.15, -0.1) is 0 Å². The summed E-state index contributed by atoms with van der Waals surface area (Å²) in [5.74, 6) is 9.70. The molecule has 3 heteroatoms. The van der Waals surface area contributed by atoms with Gasteiger partial charge in [-0.3, -0.25) is 4.79 Å². The van der Waals surface area contributed by atoms with Crippen LogP contribution in [-0.4, -0.2) is 22.3 Å². The van der Waals surface area contributed by atoms with Crippen molar-refractivity contribution < 1.29 is 15.0 Å². The third-order valence-electron chi connectivity index (χ3n) is 2.12. The van der Waals surface area contributed by atoms with Crippen LogP contribution < -0.4 is 0 Å². The summed E-state index contributed by atoms with van der Waals surface area (Å²) in [6.07, 6.45) is 12.3. The first kappa shape index (κ1) is 17.8. The summed E-state index contributed by atoms with van der Waals surface area (Å²) >= 11 is 0. The van der Waals surface area contributed by atoms with Crippen molar-refractivity contribution in [2.45, 2.75) is 38.7 Å². The summed E-state index contributed by atoms with van der Waals surface area (Å²) in [5, 5.41) is 17.8. The second-order valence-corrected chi connectivity index (χ2v) is 3.95. The van der Waals surface area contributed by atoms with Crippen LogP contribution in [0.4, 0.5) is 0 Å². The summed E-state index contributed by atoms with van der Waals surface area (Å²) in [7, 11) is 0. The van der Waals surface area contributed by atoms with Crippen molar-refractivity contribution in [3.8, 4) is 23.7 Å². The van der Waals surface area contributed by atoms with E-state index in [1.807, 2.05) is 19.1 Å². The molecule has 0 aromatic carbocycles. The largest absolute Gasteiger partial charge is 0.481 e. The molecule has 1 atom stereocenters. The van der Waals surface area contributed by atoms with Crippen LogP contribution in [0.5, 0.6) is 0 Å². The van der Waals surface area contributed by atoms with E-state index in [0.29, 0.717) is 6.42 Å². The minimum Gasteiger partial charge on any atom is -0.481 e. The Balaban J connectivity index is 3.89. The van der Waals surface area contributed by atoms with E-state index in [1.54, 1.807) is 24.3 Å². The SMILES string of the molecule is CCC[C@@H](O)/C=C/C=C/C=C/C#CC#CCCC(=O)O. The van der Waals surface area contributed by atoms with Crippen LogP contribution in [0, 0.1) is 23.7 Å². The summed E-state index contributed by atoms with van der Waals surface area (Å²) in [6.45, 7) is 2.03. The quantitative estimate of drug-likeness (QED) is 0.553. The van der Waals surface area contributed by atoms with Crippen LogP contribution in [0.3, 0.4) is 0 Å². The number of aliphatic hydroxyl groups is 1. The molecule has 0 rings (SSSR count). The molecule has 0 bridgehead atoms. The minimum atomic E-state index is -0.852. The third kappa shape index (κ3) is 13.8. The zero-order valence-corrected chi connectivity index (χ0v) is 11.7. The number of hydrogen-bond donors (Lipinski definition) is 2. The highest BCUT2D eigenvalue weighted by atomic mass is 16.4.